The van der Waals surface area contributed by atoms with E-state index >= 15 is 0 Å². The zero-order valence-corrected chi connectivity index (χ0v) is 26.4. The maximum atomic E-state index is 14.1. The van der Waals surface area contributed by atoms with Gasteiger partial charge in [0, 0.05) is 45.3 Å². The van der Waals surface area contributed by atoms with E-state index in [-0.39, 0.29) is 0 Å². The highest BCUT2D eigenvalue weighted by Crippen LogP contribution is 2.25. The van der Waals surface area contributed by atoms with E-state index in [0.717, 1.165) is 10.6 Å². The van der Waals surface area contributed by atoms with Crippen LogP contribution in [0.1, 0.15) is 11.1 Å². The van der Waals surface area contributed by atoms with Crippen molar-refractivity contribution in [3.8, 4) is 5.75 Å². The fourth-order valence-electron chi connectivity index (χ4n) is 5.01. The maximum Gasteiger partial charge on any atom is 0.349 e. The van der Waals surface area contributed by atoms with Gasteiger partial charge in [0.05, 0.1) is 39.2 Å². The summed E-state index contributed by atoms with van der Waals surface area (Å²) < 4.78 is 16.4. The van der Waals surface area contributed by atoms with Crippen LogP contribution in [0.2, 0.25) is 0 Å². The van der Waals surface area contributed by atoms with Gasteiger partial charge in [0.2, 0.25) is 0 Å². The number of ether oxygens (including phenoxy) is 3. The highest BCUT2D eigenvalue weighted by molar-refractivity contribution is 7.80. The van der Waals surface area contributed by atoms with Crippen LogP contribution in [0.5, 0.6) is 5.75 Å². The fourth-order valence-corrected chi connectivity index (χ4v) is 5.26. The summed E-state index contributed by atoms with van der Waals surface area (Å²) in [6.45, 7) is 3.45. The SMILES string of the molecule is COc1ccc(N(C(=S)N(C)Cc2ccccc2)/C(=N/N(C(=O)N2CCOCC2)C(=O)N2CCOCC2)c2ccccc2)cc1. The van der Waals surface area contributed by atoms with Crippen LogP contribution < -0.4 is 9.64 Å². The van der Waals surface area contributed by atoms with Gasteiger partial charge in [-0.25, -0.2) is 9.59 Å². The number of thiocarbonyl (C=S) groups is 1. The number of hydrogen-bond acceptors (Lipinski definition) is 7. The molecule has 5 rings (SSSR count). The quantitative estimate of drug-likeness (QED) is 0.171. The van der Waals surface area contributed by atoms with E-state index in [0.29, 0.717) is 87.1 Å². The number of carbonyl (C=O) groups excluding carboxylic acids is 2. The molecule has 0 unspecified atom stereocenters. The van der Waals surface area contributed by atoms with Crippen LogP contribution in [-0.2, 0) is 16.0 Å². The van der Waals surface area contributed by atoms with Crippen LogP contribution in [0, 0.1) is 0 Å². The molecule has 0 atom stereocenters. The lowest BCUT2D eigenvalue weighted by Gasteiger charge is -2.36. The molecule has 2 heterocycles. The van der Waals surface area contributed by atoms with Crippen LogP contribution in [0.15, 0.2) is 90.0 Å². The molecular formula is C33H38N6O5S. The van der Waals surface area contributed by atoms with Crippen LogP contribution in [0.25, 0.3) is 0 Å². The van der Waals surface area contributed by atoms with Crippen molar-refractivity contribution >= 4 is 40.9 Å². The molecule has 0 radical (unpaired) electrons. The highest BCUT2D eigenvalue weighted by Gasteiger charge is 2.34. The molecule has 12 heteroatoms. The fraction of sp³-hybridized carbons (Fsp3) is 0.333. The van der Waals surface area contributed by atoms with Crippen LogP contribution in [0.3, 0.4) is 0 Å². The molecule has 2 fully saturated rings. The summed E-state index contributed by atoms with van der Waals surface area (Å²) in [6.07, 6.45) is 0. The van der Waals surface area contributed by atoms with Crippen molar-refractivity contribution < 1.29 is 23.8 Å². The number of benzene rings is 3. The lowest BCUT2D eigenvalue weighted by molar-refractivity contribution is 0.0334. The molecule has 0 aliphatic carbocycles. The van der Waals surface area contributed by atoms with E-state index in [1.807, 2.05) is 96.9 Å². The number of rotatable bonds is 6. The minimum atomic E-state index is -0.526. The molecule has 0 saturated carbocycles. The first-order valence-electron chi connectivity index (χ1n) is 14.9. The minimum Gasteiger partial charge on any atom is -0.497 e. The standard InChI is InChI=1S/C33H38N6O5S/c1-35(25-26-9-5-3-6-10-26)33(45)38(28-13-15-29(42-2)16-14-28)30(27-11-7-4-8-12-27)34-39(31(40)36-17-21-43-22-18-36)32(41)37-19-23-44-24-20-37/h3-16H,17-25H2,1-2H3/b34-30+. The van der Waals surface area contributed by atoms with E-state index in [9.17, 15) is 9.59 Å². The van der Waals surface area contributed by atoms with E-state index < -0.39 is 12.1 Å². The molecule has 4 amide bonds. The maximum absolute atomic E-state index is 14.1. The summed E-state index contributed by atoms with van der Waals surface area (Å²) in [5.41, 5.74) is 2.42. The summed E-state index contributed by atoms with van der Waals surface area (Å²) in [5.74, 6) is 0.987. The third-order valence-electron chi connectivity index (χ3n) is 7.48. The molecule has 0 aromatic heterocycles. The molecule has 236 valence electrons. The second kappa shape index (κ2) is 15.5. The van der Waals surface area contributed by atoms with Gasteiger partial charge in [-0.1, -0.05) is 60.7 Å². The Labute approximate surface area is 269 Å². The number of morpholine rings is 2. The third-order valence-corrected chi connectivity index (χ3v) is 7.97. The molecule has 3 aromatic rings. The number of nitrogens with zero attached hydrogens (tertiary/aromatic N) is 6. The molecule has 11 nitrogen and oxygen atoms in total. The Kier molecular flexibility index (Phi) is 11.0. The molecule has 2 aliphatic heterocycles. The highest BCUT2D eigenvalue weighted by atomic mass is 32.1. The Morgan fingerprint density at radius 3 is 1.82 bits per heavy atom. The summed E-state index contributed by atoms with van der Waals surface area (Å²) in [5, 5.41) is 6.28. The number of amidine groups is 1. The minimum absolute atomic E-state index is 0.314. The van der Waals surface area contributed by atoms with Gasteiger partial charge in [-0.2, -0.15) is 0 Å². The average Bonchev–Trinajstić information content (AvgIpc) is 3.11. The Hall–Kier alpha value is -4.52. The molecule has 2 aliphatic rings. The number of carbonyl (C=O) groups is 2. The van der Waals surface area contributed by atoms with Gasteiger partial charge in [0.25, 0.3) is 0 Å². The van der Waals surface area contributed by atoms with Crippen molar-refractivity contribution in [2.24, 2.45) is 5.10 Å². The van der Waals surface area contributed by atoms with Gasteiger partial charge in [0.1, 0.15) is 5.75 Å². The first-order chi connectivity index (χ1) is 22.0. The number of methoxy groups -OCH3 is 1. The topological polar surface area (TPSA) is 90.4 Å². The normalized spacial score (nSPS) is 15.3. The molecule has 0 spiro atoms. The molecule has 45 heavy (non-hydrogen) atoms. The molecule has 0 N–H and O–H groups in total. The smallest absolute Gasteiger partial charge is 0.349 e. The molecule has 3 aromatic carbocycles. The summed E-state index contributed by atoms with van der Waals surface area (Å²) >= 11 is 6.15. The number of urea groups is 2. The lowest BCUT2D eigenvalue weighted by atomic mass is 10.1. The summed E-state index contributed by atoms with van der Waals surface area (Å²) in [4.78, 5) is 35.0. The first kappa shape index (κ1) is 31.9. The average molecular weight is 631 g/mol. The molecule has 2 saturated heterocycles. The Morgan fingerprint density at radius 1 is 0.800 bits per heavy atom. The van der Waals surface area contributed by atoms with Gasteiger partial charge in [-0.15, -0.1) is 10.1 Å². The predicted octanol–water partition coefficient (Wildman–Crippen LogP) is 4.49. The molecule has 0 bridgehead atoms. The van der Waals surface area contributed by atoms with Crippen molar-refractivity contribution in [2.75, 3.05) is 71.7 Å². The monoisotopic (exact) mass is 630 g/mol. The van der Waals surface area contributed by atoms with E-state index in [4.69, 9.17) is 31.5 Å². The van der Waals surface area contributed by atoms with Crippen molar-refractivity contribution in [3.05, 3.63) is 96.1 Å². The van der Waals surface area contributed by atoms with E-state index in [1.54, 1.807) is 21.8 Å². The van der Waals surface area contributed by atoms with E-state index in [2.05, 4.69) is 0 Å². The van der Waals surface area contributed by atoms with Crippen molar-refractivity contribution in [1.29, 1.82) is 0 Å². The summed E-state index contributed by atoms with van der Waals surface area (Å²) in [7, 11) is 3.51. The van der Waals surface area contributed by atoms with Gasteiger partial charge in [-0.3, -0.25) is 4.90 Å². The second-order valence-corrected chi connectivity index (χ2v) is 10.9. The lowest BCUT2D eigenvalue weighted by Crippen LogP contribution is -2.55. The van der Waals surface area contributed by atoms with E-state index in [1.165, 1.54) is 0 Å². The van der Waals surface area contributed by atoms with Gasteiger partial charge in [-0.05, 0) is 42.0 Å². The van der Waals surface area contributed by atoms with Crippen LogP contribution in [-0.4, -0.2) is 109 Å². The number of hydrazone groups is 1. The van der Waals surface area contributed by atoms with Crippen molar-refractivity contribution in [2.45, 2.75) is 6.54 Å². The number of amides is 4. The predicted molar refractivity (Wildman–Crippen MR) is 176 cm³/mol. The first-order valence-corrected chi connectivity index (χ1v) is 15.3. The van der Waals surface area contributed by atoms with Gasteiger partial charge >= 0.3 is 12.1 Å². The van der Waals surface area contributed by atoms with Crippen LogP contribution in [0.4, 0.5) is 15.3 Å². The zero-order valence-electron chi connectivity index (χ0n) is 25.6. The van der Waals surface area contributed by atoms with Crippen molar-refractivity contribution in [1.82, 2.24) is 19.7 Å². The Balaban J connectivity index is 1.63. The second-order valence-electron chi connectivity index (χ2n) is 10.5. The van der Waals surface area contributed by atoms with Gasteiger partial charge in [0.15, 0.2) is 10.9 Å². The Bertz CT molecular complexity index is 1430. The Morgan fingerprint density at radius 2 is 1.31 bits per heavy atom. The number of hydrogen-bond donors (Lipinski definition) is 0. The zero-order chi connectivity index (χ0) is 31.6. The van der Waals surface area contributed by atoms with Crippen LogP contribution >= 0.6 is 12.2 Å². The number of anilines is 1. The van der Waals surface area contributed by atoms with Crippen molar-refractivity contribution in [3.63, 3.8) is 0 Å². The molecular weight excluding hydrogens is 592 g/mol. The largest absolute Gasteiger partial charge is 0.497 e. The third kappa shape index (κ3) is 7.96. The summed E-state index contributed by atoms with van der Waals surface area (Å²) in [6, 6.07) is 25.8. The number of imide groups is 1. The van der Waals surface area contributed by atoms with Gasteiger partial charge < -0.3 is 28.9 Å².